The maximum absolute atomic E-state index is 13.7. The summed E-state index contributed by atoms with van der Waals surface area (Å²) in [6.45, 7) is 1.68. The first kappa shape index (κ1) is 17.0. The summed E-state index contributed by atoms with van der Waals surface area (Å²) in [5.41, 5.74) is 2.29. The number of aromatic nitrogens is 1. The fraction of sp³-hybridized carbons (Fsp3) is 0.167. The van der Waals surface area contributed by atoms with E-state index in [0.29, 0.717) is 38.4 Å². The zero-order valence-electron chi connectivity index (χ0n) is 13.0. The number of Topliss-reactive ketones (excluding diaryl/α,β-unsaturated/α-hetero) is 1. The van der Waals surface area contributed by atoms with E-state index in [9.17, 15) is 9.18 Å². The summed E-state index contributed by atoms with van der Waals surface area (Å²) in [7, 11) is 1.52. The second-order valence-electron chi connectivity index (χ2n) is 5.41. The quantitative estimate of drug-likeness (QED) is 0.449. The topological polar surface area (TPSA) is 42.1 Å². The highest BCUT2D eigenvalue weighted by molar-refractivity contribution is 9.09. The van der Waals surface area contributed by atoms with Gasteiger partial charge >= 0.3 is 0 Å². The maximum atomic E-state index is 13.7. The van der Waals surface area contributed by atoms with Crippen LogP contribution in [0, 0.1) is 12.7 Å². The average Bonchev–Trinajstić information content (AvgIpc) is 3.01. The molecule has 0 aliphatic carbocycles. The Balaban J connectivity index is 2.05. The van der Waals surface area contributed by atoms with Crippen LogP contribution in [0.3, 0.4) is 0 Å². The van der Waals surface area contributed by atoms with Crippen molar-refractivity contribution in [3.05, 3.63) is 64.1 Å². The van der Waals surface area contributed by atoms with Crippen LogP contribution in [0.2, 0.25) is 5.02 Å². The van der Waals surface area contributed by atoms with Gasteiger partial charge < -0.3 is 9.72 Å². The van der Waals surface area contributed by atoms with E-state index in [0.717, 1.165) is 0 Å². The van der Waals surface area contributed by atoms with Gasteiger partial charge in [-0.25, -0.2) is 4.39 Å². The van der Waals surface area contributed by atoms with Crippen molar-refractivity contribution in [3.63, 3.8) is 0 Å². The number of hydrogen-bond donors (Lipinski definition) is 1. The zero-order valence-corrected chi connectivity index (χ0v) is 15.3. The molecular formula is C18H14BrClFNO2. The van der Waals surface area contributed by atoms with Gasteiger partial charge in [0.2, 0.25) is 0 Å². The lowest BCUT2D eigenvalue weighted by Crippen LogP contribution is -2.08. The fourth-order valence-electron chi connectivity index (χ4n) is 2.69. The van der Waals surface area contributed by atoms with Crippen molar-refractivity contribution in [2.24, 2.45) is 0 Å². The number of alkyl halides is 1. The van der Waals surface area contributed by atoms with Gasteiger partial charge in [0.05, 0.1) is 12.6 Å². The SMILES string of the molecule is COc1cc(Cl)ccc1[C@@H](Br)C(=O)c1c[nH]c2c(C)c(F)ccc12. The molecule has 0 bridgehead atoms. The van der Waals surface area contributed by atoms with E-state index in [4.69, 9.17) is 16.3 Å². The molecule has 1 heterocycles. The molecule has 2 aromatic carbocycles. The number of H-pyrrole nitrogens is 1. The largest absolute Gasteiger partial charge is 0.496 e. The molecule has 3 aromatic rings. The van der Waals surface area contributed by atoms with Crippen LogP contribution < -0.4 is 4.74 Å². The molecule has 0 spiro atoms. The van der Waals surface area contributed by atoms with Gasteiger partial charge in [0.1, 0.15) is 16.4 Å². The minimum Gasteiger partial charge on any atom is -0.496 e. The number of ketones is 1. The predicted molar refractivity (Wildman–Crippen MR) is 97.0 cm³/mol. The zero-order chi connectivity index (χ0) is 17.4. The molecular weight excluding hydrogens is 397 g/mol. The number of carbonyl (C=O) groups is 1. The Morgan fingerprint density at radius 1 is 1.33 bits per heavy atom. The molecule has 124 valence electrons. The third-order valence-corrected chi connectivity index (χ3v) is 5.16. The van der Waals surface area contributed by atoms with Crippen LogP contribution in [0.5, 0.6) is 5.75 Å². The second kappa shape index (κ2) is 6.57. The van der Waals surface area contributed by atoms with Gasteiger partial charge in [0, 0.05) is 33.3 Å². The highest BCUT2D eigenvalue weighted by Gasteiger charge is 2.25. The van der Waals surface area contributed by atoms with Gasteiger partial charge in [-0.2, -0.15) is 0 Å². The Bertz CT molecular complexity index is 938. The molecule has 3 nitrogen and oxygen atoms in total. The van der Waals surface area contributed by atoms with Crippen molar-refractivity contribution < 1.29 is 13.9 Å². The molecule has 0 aliphatic heterocycles. The van der Waals surface area contributed by atoms with Crippen LogP contribution >= 0.6 is 27.5 Å². The number of rotatable bonds is 4. The number of hydrogen-bond acceptors (Lipinski definition) is 2. The van der Waals surface area contributed by atoms with Gasteiger partial charge in [0.25, 0.3) is 0 Å². The van der Waals surface area contributed by atoms with E-state index in [1.807, 2.05) is 0 Å². The normalized spacial score (nSPS) is 12.4. The van der Waals surface area contributed by atoms with E-state index in [2.05, 4.69) is 20.9 Å². The summed E-state index contributed by atoms with van der Waals surface area (Å²) >= 11 is 9.42. The molecule has 1 aromatic heterocycles. The lowest BCUT2D eigenvalue weighted by atomic mass is 10.0. The average molecular weight is 411 g/mol. The molecule has 0 aliphatic rings. The number of fused-ring (bicyclic) bond motifs is 1. The number of aryl methyl sites for hydroxylation is 1. The molecule has 3 rings (SSSR count). The Morgan fingerprint density at radius 2 is 2.08 bits per heavy atom. The summed E-state index contributed by atoms with van der Waals surface area (Å²) in [5, 5.41) is 1.22. The van der Waals surface area contributed by atoms with Crippen LogP contribution in [0.4, 0.5) is 4.39 Å². The highest BCUT2D eigenvalue weighted by Crippen LogP contribution is 2.37. The van der Waals surface area contributed by atoms with Crippen LogP contribution in [-0.2, 0) is 0 Å². The van der Waals surface area contributed by atoms with E-state index >= 15 is 0 Å². The van der Waals surface area contributed by atoms with E-state index in [1.165, 1.54) is 13.2 Å². The van der Waals surface area contributed by atoms with Gasteiger partial charge in [-0.05, 0) is 31.2 Å². The monoisotopic (exact) mass is 409 g/mol. The Labute approximate surface area is 151 Å². The molecule has 0 radical (unpaired) electrons. The molecule has 1 atom stereocenters. The van der Waals surface area contributed by atoms with E-state index in [-0.39, 0.29) is 11.6 Å². The first-order chi connectivity index (χ1) is 11.4. The van der Waals surface area contributed by atoms with Crippen LogP contribution in [-0.4, -0.2) is 17.9 Å². The summed E-state index contributed by atoms with van der Waals surface area (Å²) in [6.07, 6.45) is 1.61. The van der Waals surface area contributed by atoms with E-state index < -0.39 is 4.83 Å². The third kappa shape index (κ3) is 2.82. The molecule has 0 amide bonds. The third-order valence-electron chi connectivity index (χ3n) is 4.01. The highest BCUT2D eigenvalue weighted by atomic mass is 79.9. The van der Waals surface area contributed by atoms with Gasteiger partial charge in [-0.3, -0.25) is 4.79 Å². The van der Waals surface area contributed by atoms with Crippen LogP contribution in [0.1, 0.15) is 26.3 Å². The maximum Gasteiger partial charge on any atom is 0.183 e. The summed E-state index contributed by atoms with van der Waals surface area (Å²) < 4.78 is 19.0. The van der Waals surface area contributed by atoms with E-state index in [1.54, 1.807) is 37.4 Å². The number of nitrogens with one attached hydrogen (secondary N) is 1. The van der Waals surface area contributed by atoms with Crippen molar-refractivity contribution in [1.29, 1.82) is 0 Å². The molecule has 24 heavy (non-hydrogen) atoms. The second-order valence-corrected chi connectivity index (χ2v) is 6.76. The molecule has 6 heteroatoms. The number of aromatic amines is 1. The van der Waals surface area contributed by atoms with Gasteiger partial charge in [0.15, 0.2) is 5.78 Å². The number of ether oxygens (including phenoxy) is 1. The summed E-state index contributed by atoms with van der Waals surface area (Å²) in [6, 6.07) is 8.09. The number of carbonyl (C=O) groups excluding carboxylic acids is 1. The Kier molecular flexibility index (Phi) is 4.65. The van der Waals surface area contributed by atoms with Crippen molar-refractivity contribution in [2.45, 2.75) is 11.8 Å². The lowest BCUT2D eigenvalue weighted by molar-refractivity contribution is 0.0992. The number of benzene rings is 2. The minimum absolute atomic E-state index is 0.145. The smallest absolute Gasteiger partial charge is 0.183 e. The van der Waals surface area contributed by atoms with Crippen LogP contribution in [0.15, 0.2) is 36.5 Å². The predicted octanol–water partition coefficient (Wildman–Crippen LogP) is 5.60. The molecule has 0 unspecified atom stereocenters. The van der Waals surface area contributed by atoms with Gasteiger partial charge in [-0.1, -0.05) is 33.6 Å². The first-order valence-corrected chi connectivity index (χ1v) is 8.51. The molecule has 1 N–H and O–H groups in total. The molecule has 0 saturated carbocycles. The lowest BCUT2D eigenvalue weighted by Gasteiger charge is -2.13. The molecule has 0 fully saturated rings. The van der Waals surface area contributed by atoms with Crippen molar-refractivity contribution in [3.8, 4) is 5.75 Å². The van der Waals surface area contributed by atoms with Gasteiger partial charge in [-0.15, -0.1) is 0 Å². The van der Waals surface area contributed by atoms with Crippen molar-refractivity contribution >= 4 is 44.2 Å². The summed E-state index contributed by atoms with van der Waals surface area (Å²) in [5.74, 6) is 0.0748. The number of methoxy groups -OCH3 is 1. The van der Waals surface area contributed by atoms with Crippen molar-refractivity contribution in [2.75, 3.05) is 7.11 Å². The molecule has 0 saturated heterocycles. The summed E-state index contributed by atoms with van der Waals surface area (Å²) in [4.78, 5) is 15.3. The Hall–Kier alpha value is -1.85. The van der Waals surface area contributed by atoms with Crippen molar-refractivity contribution in [1.82, 2.24) is 4.98 Å². The van der Waals surface area contributed by atoms with Crippen LogP contribution in [0.25, 0.3) is 10.9 Å². The number of halogens is 3. The first-order valence-electron chi connectivity index (χ1n) is 7.22. The fourth-order valence-corrected chi connectivity index (χ4v) is 3.48. The Morgan fingerprint density at radius 3 is 2.79 bits per heavy atom. The minimum atomic E-state index is -0.603. The standard InChI is InChI=1S/C18H14BrClFNO2/c1-9-14(21)6-5-11-13(8-22-17(9)11)18(23)16(19)12-4-3-10(20)7-15(12)24-2/h3-8,16,22H,1-2H3/t16-/m1/s1.